The van der Waals surface area contributed by atoms with E-state index in [-0.39, 0.29) is 5.88 Å². The summed E-state index contributed by atoms with van der Waals surface area (Å²) in [6.07, 6.45) is -0.577. The highest BCUT2D eigenvalue weighted by Gasteiger charge is 2.08. The van der Waals surface area contributed by atoms with Gasteiger partial charge in [-0.05, 0) is 17.7 Å². The minimum atomic E-state index is -0.577. The van der Waals surface area contributed by atoms with Crippen LogP contribution in [0.3, 0.4) is 0 Å². The maximum absolute atomic E-state index is 9.58. The molecule has 3 nitrogen and oxygen atoms in total. The van der Waals surface area contributed by atoms with Gasteiger partial charge in [0.15, 0.2) is 0 Å². The Labute approximate surface area is 124 Å². The van der Waals surface area contributed by atoms with E-state index < -0.39 is 6.10 Å². The number of rotatable bonds is 6. The molecule has 0 amide bonds. The Morgan fingerprint density at radius 3 is 2.60 bits per heavy atom. The fraction of sp³-hybridized carbons (Fsp3) is 0.250. The number of halogens is 1. The zero-order chi connectivity index (χ0) is 14.4. The van der Waals surface area contributed by atoms with Crippen molar-refractivity contribution in [1.29, 1.82) is 0 Å². The van der Waals surface area contributed by atoms with E-state index in [2.05, 4.69) is 5.32 Å². The Bertz CT molecular complexity index is 545. The van der Waals surface area contributed by atoms with Gasteiger partial charge in [0.05, 0.1) is 19.1 Å². The van der Waals surface area contributed by atoms with Gasteiger partial charge in [-0.3, -0.25) is 0 Å². The molecule has 20 heavy (non-hydrogen) atoms. The van der Waals surface area contributed by atoms with Crippen LogP contribution in [-0.4, -0.2) is 30.7 Å². The van der Waals surface area contributed by atoms with Crippen LogP contribution in [0.5, 0.6) is 5.75 Å². The van der Waals surface area contributed by atoms with Gasteiger partial charge in [0.25, 0.3) is 0 Å². The summed E-state index contributed by atoms with van der Waals surface area (Å²) in [6.45, 7) is 0.399. The number of aliphatic hydroxyl groups excluding tert-OH is 1. The normalized spacial score (nSPS) is 11.9. The average molecular weight is 292 g/mol. The highest BCUT2D eigenvalue weighted by molar-refractivity contribution is 6.18. The summed E-state index contributed by atoms with van der Waals surface area (Å²) in [7, 11) is 1.63. The van der Waals surface area contributed by atoms with Crippen LogP contribution in [-0.2, 0) is 0 Å². The average Bonchev–Trinajstić information content (AvgIpc) is 2.53. The maximum atomic E-state index is 9.58. The van der Waals surface area contributed by atoms with Crippen molar-refractivity contribution in [2.45, 2.75) is 6.10 Å². The second kappa shape index (κ2) is 7.17. The molecule has 0 heterocycles. The molecule has 0 bridgehead atoms. The van der Waals surface area contributed by atoms with Crippen molar-refractivity contribution >= 4 is 17.3 Å². The molecule has 0 aliphatic heterocycles. The van der Waals surface area contributed by atoms with Gasteiger partial charge in [-0.1, -0.05) is 30.3 Å². The van der Waals surface area contributed by atoms with Gasteiger partial charge in [-0.15, -0.1) is 11.6 Å². The molecule has 2 aromatic carbocycles. The molecule has 4 heteroatoms. The first kappa shape index (κ1) is 14.7. The van der Waals surface area contributed by atoms with Crippen molar-refractivity contribution in [2.75, 3.05) is 24.9 Å². The summed E-state index contributed by atoms with van der Waals surface area (Å²) in [5.41, 5.74) is 3.09. The number of nitrogens with one attached hydrogen (secondary N) is 1. The lowest BCUT2D eigenvalue weighted by molar-refractivity contribution is 0.211. The molecule has 2 rings (SSSR count). The summed E-state index contributed by atoms with van der Waals surface area (Å²) in [6, 6.07) is 15.9. The molecular formula is C16H18ClNO2. The van der Waals surface area contributed by atoms with E-state index in [0.29, 0.717) is 6.54 Å². The monoisotopic (exact) mass is 291 g/mol. The Kier molecular flexibility index (Phi) is 5.27. The quantitative estimate of drug-likeness (QED) is 0.802. The first-order valence-corrected chi connectivity index (χ1v) is 6.99. The van der Waals surface area contributed by atoms with Crippen LogP contribution >= 0.6 is 11.6 Å². The van der Waals surface area contributed by atoms with Crippen molar-refractivity contribution < 1.29 is 9.84 Å². The molecule has 0 aliphatic rings. The highest BCUT2D eigenvalue weighted by atomic mass is 35.5. The number of hydrogen-bond acceptors (Lipinski definition) is 3. The number of aliphatic hydroxyl groups is 1. The standard InChI is InChI=1S/C16H18ClNO2/c1-20-14-7-8-15(12-5-3-2-4-6-12)16(9-14)18-11-13(19)10-17/h2-9,13,18-19H,10-11H2,1H3. The van der Waals surface area contributed by atoms with Gasteiger partial charge in [0.1, 0.15) is 5.75 Å². The number of methoxy groups -OCH3 is 1. The van der Waals surface area contributed by atoms with Crippen LogP contribution in [0, 0.1) is 0 Å². The van der Waals surface area contributed by atoms with E-state index >= 15 is 0 Å². The van der Waals surface area contributed by atoms with Crippen LogP contribution < -0.4 is 10.1 Å². The second-order valence-electron chi connectivity index (χ2n) is 4.47. The van der Waals surface area contributed by atoms with E-state index in [4.69, 9.17) is 16.3 Å². The van der Waals surface area contributed by atoms with Crippen molar-refractivity contribution in [3.05, 3.63) is 48.5 Å². The number of benzene rings is 2. The molecule has 0 aliphatic carbocycles. The molecule has 2 N–H and O–H groups in total. The molecule has 1 atom stereocenters. The van der Waals surface area contributed by atoms with Gasteiger partial charge in [0.2, 0.25) is 0 Å². The molecule has 1 unspecified atom stereocenters. The smallest absolute Gasteiger partial charge is 0.120 e. The van der Waals surface area contributed by atoms with Crippen molar-refractivity contribution in [1.82, 2.24) is 0 Å². The van der Waals surface area contributed by atoms with Crippen LogP contribution in [0.15, 0.2) is 48.5 Å². The molecule has 2 aromatic rings. The number of ether oxygens (including phenoxy) is 1. The largest absolute Gasteiger partial charge is 0.497 e. The number of anilines is 1. The predicted molar refractivity (Wildman–Crippen MR) is 83.6 cm³/mol. The highest BCUT2D eigenvalue weighted by Crippen LogP contribution is 2.31. The lowest BCUT2D eigenvalue weighted by Gasteiger charge is -2.15. The van der Waals surface area contributed by atoms with Crippen LogP contribution in [0.4, 0.5) is 5.69 Å². The van der Waals surface area contributed by atoms with Gasteiger partial charge in [0, 0.05) is 23.9 Å². The first-order chi connectivity index (χ1) is 9.74. The summed E-state index contributed by atoms with van der Waals surface area (Å²) in [5, 5.41) is 12.8. The molecule has 0 saturated heterocycles. The third kappa shape index (κ3) is 3.65. The van der Waals surface area contributed by atoms with Gasteiger partial charge >= 0.3 is 0 Å². The summed E-state index contributed by atoms with van der Waals surface area (Å²) in [5.74, 6) is 0.977. The zero-order valence-corrected chi connectivity index (χ0v) is 12.1. The van der Waals surface area contributed by atoms with Crippen molar-refractivity contribution in [3.63, 3.8) is 0 Å². The van der Waals surface area contributed by atoms with E-state index in [1.54, 1.807) is 7.11 Å². The molecule has 0 aromatic heterocycles. The fourth-order valence-corrected chi connectivity index (χ4v) is 2.06. The molecule has 0 saturated carbocycles. The van der Waals surface area contributed by atoms with Crippen molar-refractivity contribution in [2.24, 2.45) is 0 Å². The van der Waals surface area contributed by atoms with Gasteiger partial charge < -0.3 is 15.2 Å². The molecule has 0 spiro atoms. The van der Waals surface area contributed by atoms with Crippen LogP contribution in [0.25, 0.3) is 11.1 Å². The second-order valence-corrected chi connectivity index (χ2v) is 4.78. The third-order valence-electron chi connectivity index (χ3n) is 3.02. The van der Waals surface area contributed by atoms with Crippen molar-refractivity contribution in [3.8, 4) is 16.9 Å². The lowest BCUT2D eigenvalue weighted by atomic mass is 10.0. The van der Waals surface area contributed by atoms with E-state index in [9.17, 15) is 5.11 Å². The van der Waals surface area contributed by atoms with E-state index in [1.165, 1.54) is 0 Å². The van der Waals surface area contributed by atoms with Gasteiger partial charge in [-0.25, -0.2) is 0 Å². The Morgan fingerprint density at radius 1 is 1.20 bits per heavy atom. The SMILES string of the molecule is COc1ccc(-c2ccccc2)c(NCC(O)CCl)c1. The molecule has 0 fully saturated rings. The summed E-state index contributed by atoms with van der Waals surface area (Å²) < 4.78 is 5.25. The van der Waals surface area contributed by atoms with Crippen LogP contribution in [0.2, 0.25) is 0 Å². The zero-order valence-electron chi connectivity index (χ0n) is 11.3. The summed E-state index contributed by atoms with van der Waals surface area (Å²) in [4.78, 5) is 0. The van der Waals surface area contributed by atoms with E-state index in [0.717, 1.165) is 22.6 Å². The number of hydrogen-bond donors (Lipinski definition) is 2. The minimum absolute atomic E-state index is 0.206. The number of alkyl halides is 1. The molecular weight excluding hydrogens is 274 g/mol. The van der Waals surface area contributed by atoms with Crippen LogP contribution in [0.1, 0.15) is 0 Å². The Balaban J connectivity index is 2.31. The molecule has 0 radical (unpaired) electrons. The third-order valence-corrected chi connectivity index (χ3v) is 3.37. The van der Waals surface area contributed by atoms with E-state index in [1.807, 2.05) is 48.5 Å². The Hall–Kier alpha value is -1.71. The predicted octanol–water partition coefficient (Wildman–Crippen LogP) is 3.37. The molecule has 106 valence electrons. The maximum Gasteiger partial charge on any atom is 0.120 e. The lowest BCUT2D eigenvalue weighted by Crippen LogP contribution is -2.21. The topological polar surface area (TPSA) is 41.5 Å². The minimum Gasteiger partial charge on any atom is -0.497 e. The summed E-state index contributed by atoms with van der Waals surface area (Å²) >= 11 is 5.62. The fourth-order valence-electron chi connectivity index (χ4n) is 1.95. The first-order valence-electron chi connectivity index (χ1n) is 6.46. The van der Waals surface area contributed by atoms with Gasteiger partial charge in [-0.2, -0.15) is 0 Å². The Morgan fingerprint density at radius 2 is 1.95 bits per heavy atom.